The standard InChI is InChI=1S/C50H70N3O10PS4/c1-34(2)61-32-42-37(48(5,25-14-28-65-57)38-30-35(67-59-9)18-20-40(38)51(42)8)16-12-11-13-17-43-49(6,26-15-29-66-58)39-31-36(68-60-10)19-21-41(39)52(43)47(3,4)33-62-50(7,64)27-24-46(56)63-53-44(54)22-23-45(53)55/h11-13,16-21,30-31,34,57-58H,14-15,22-29,32-33,64H2,1-10H3/b13-11+,16-12+,43-17+. The molecule has 0 spiro atoms. The Labute approximate surface area is 423 Å². The lowest BCUT2D eigenvalue weighted by Gasteiger charge is -2.44. The highest BCUT2D eigenvalue weighted by Crippen LogP contribution is 2.55. The molecule has 2 N–H and O–H groups in total. The van der Waals surface area contributed by atoms with Gasteiger partial charge >= 0.3 is 5.97 Å². The van der Waals surface area contributed by atoms with E-state index >= 15 is 0 Å². The zero-order valence-corrected chi connectivity index (χ0v) is 45.5. The molecule has 2 aromatic rings. The second kappa shape index (κ2) is 25.0. The fraction of sp³-hybridized carbons (Fsp3) is 0.540. The molecule has 0 saturated carbocycles. The van der Waals surface area contributed by atoms with Gasteiger partial charge in [-0.2, -0.15) is 0 Å². The minimum Gasteiger partial charge on any atom is -0.373 e. The Morgan fingerprint density at radius 2 is 1.44 bits per heavy atom. The summed E-state index contributed by atoms with van der Waals surface area (Å²) in [4.78, 5) is 48.6. The molecule has 3 aliphatic rings. The number of rotatable bonds is 26. The molecule has 4 unspecified atom stereocenters. The predicted molar refractivity (Wildman–Crippen MR) is 282 cm³/mol. The second-order valence-electron chi connectivity index (χ2n) is 18.8. The highest BCUT2D eigenvalue weighted by molar-refractivity contribution is 7.95. The lowest BCUT2D eigenvalue weighted by atomic mass is 9.69. The molecule has 18 heteroatoms. The van der Waals surface area contributed by atoms with E-state index in [0.29, 0.717) is 23.2 Å². The van der Waals surface area contributed by atoms with Crippen LogP contribution in [0.3, 0.4) is 0 Å². The van der Waals surface area contributed by atoms with E-state index in [4.69, 9.17) is 22.7 Å². The fourth-order valence-electron chi connectivity index (χ4n) is 9.12. The third-order valence-corrected chi connectivity index (χ3v) is 15.3. The van der Waals surface area contributed by atoms with Gasteiger partial charge in [0.2, 0.25) is 0 Å². The molecule has 5 rings (SSSR count). The summed E-state index contributed by atoms with van der Waals surface area (Å²) in [6, 6.07) is 12.9. The first kappa shape index (κ1) is 56.1. The smallest absolute Gasteiger partial charge is 0.333 e. The average Bonchev–Trinajstić information content (AvgIpc) is 3.74. The van der Waals surface area contributed by atoms with Crippen LogP contribution in [0.1, 0.15) is 111 Å². The van der Waals surface area contributed by atoms with E-state index < -0.39 is 39.5 Å². The van der Waals surface area contributed by atoms with Crippen LogP contribution in [0.15, 0.2) is 93.5 Å². The summed E-state index contributed by atoms with van der Waals surface area (Å²) in [5.41, 5.74) is 6.25. The van der Waals surface area contributed by atoms with Gasteiger partial charge in [0.1, 0.15) is 0 Å². The van der Waals surface area contributed by atoms with Crippen molar-refractivity contribution < 1.29 is 46.2 Å². The van der Waals surface area contributed by atoms with Gasteiger partial charge in [0.05, 0.1) is 50.8 Å². The summed E-state index contributed by atoms with van der Waals surface area (Å²) in [7, 11) is 8.14. The number of allylic oxidation sites excluding steroid dienone is 7. The molecule has 1 fully saturated rings. The summed E-state index contributed by atoms with van der Waals surface area (Å²) in [6.07, 6.45) is 14.1. The number of carbonyl (C=O) groups excluding carboxylic acids is 3. The summed E-state index contributed by atoms with van der Waals surface area (Å²) in [5, 5.41) is -0.271. The molecule has 0 bridgehead atoms. The Balaban J connectivity index is 1.53. The van der Waals surface area contributed by atoms with Crippen LogP contribution in [0.4, 0.5) is 11.4 Å². The van der Waals surface area contributed by atoms with E-state index in [1.165, 1.54) is 29.6 Å². The molecule has 374 valence electrons. The third-order valence-electron chi connectivity index (χ3n) is 12.7. The minimum atomic E-state index is -0.843. The number of carbonyl (C=O) groups is 3. The van der Waals surface area contributed by atoms with Crippen LogP contribution < -0.4 is 9.80 Å². The number of hydrogen-bond donors (Lipinski definition) is 2. The van der Waals surface area contributed by atoms with Crippen LogP contribution >= 0.6 is 57.4 Å². The SMILES string of the molecule is COSc1ccc2c(c1)C(C)(CCCSO)C(/C=C/C=C/C=C1/N(C(C)(C)COC(C)(P)CCC(=O)ON3C(=O)CCC3=O)c3ccc(SOC)cc3C1(C)CCCSO)=C(COC(C)C)N2C. The Hall–Kier alpha value is -2.80. The summed E-state index contributed by atoms with van der Waals surface area (Å²) < 4.78 is 43.5. The number of amides is 2. The third kappa shape index (κ3) is 13.6. The topological polar surface area (TPSA) is 148 Å². The Morgan fingerprint density at radius 3 is 2.01 bits per heavy atom. The van der Waals surface area contributed by atoms with Gasteiger partial charge in [-0.25, -0.2) is 4.79 Å². The van der Waals surface area contributed by atoms with Crippen molar-refractivity contribution in [2.75, 3.05) is 55.8 Å². The van der Waals surface area contributed by atoms with Crippen LogP contribution in [0.2, 0.25) is 0 Å². The van der Waals surface area contributed by atoms with Crippen molar-refractivity contribution in [3.63, 3.8) is 0 Å². The van der Waals surface area contributed by atoms with Gasteiger partial charge in [-0.15, -0.1) is 14.3 Å². The van der Waals surface area contributed by atoms with Crippen molar-refractivity contribution in [1.82, 2.24) is 5.06 Å². The monoisotopic (exact) mass is 1030 g/mol. The van der Waals surface area contributed by atoms with E-state index in [-0.39, 0.29) is 38.4 Å². The van der Waals surface area contributed by atoms with Gasteiger partial charge in [0.15, 0.2) is 0 Å². The lowest BCUT2D eigenvalue weighted by molar-refractivity contribution is -0.198. The average molecular weight is 1030 g/mol. The molecule has 3 aliphatic heterocycles. The molecule has 2 amide bonds. The quantitative estimate of drug-likeness (QED) is 0.0302. The summed E-state index contributed by atoms with van der Waals surface area (Å²) in [6.45, 7) is 15.5. The minimum absolute atomic E-state index is 0.0304. The molecule has 0 aliphatic carbocycles. The first-order valence-corrected chi connectivity index (χ1v) is 26.9. The maximum Gasteiger partial charge on any atom is 0.333 e. The highest BCUT2D eigenvalue weighted by Gasteiger charge is 2.48. The Bertz CT molecular complexity index is 2220. The molecule has 4 atom stereocenters. The van der Waals surface area contributed by atoms with Gasteiger partial charge < -0.3 is 41.6 Å². The van der Waals surface area contributed by atoms with Crippen molar-refractivity contribution in [2.45, 2.75) is 137 Å². The van der Waals surface area contributed by atoms with Gasteiger partial charge in [0, 0.05) is 98.9 Å². The van der Waals surface area contributed by atoms with Crippen molar-refractivity contribution >= 4 is 86.6 Å². The number of hydroxylamine groups is 2. The summed E-state index contributed by atoms with van der Waals surface area (Å²) >= 11 is 4.37. The van der Waals surface area contributed by atoms with Crippen molar-refractivity contribution in [2.24, 2.45) is 0 Å². The van der Waals surface area contributed by atoms with Crippen LogP contribution in [0, 0.1) is 0 Å². The van der Waals surface area contributed by atoms with Crippen LogP contribution in [-0.2, 0) is 47.9 Å². The molecule has 2 aromatic carbocycles. The molecule has 13 nitrogen and oxygen atoms in total. The predicted octanol–water partition coefficient (Wildman–Crippen LogP) is 11.9. The second-order valence-corrected chi connectivity index (χ2v) is 23.3. The van der Waals surface area contributed by atoms with Crippen molar-refractivity contribution in [1.29, 1.82) is 0 Å². The number of imide groups is 1. The molecular weight excluding hydrogens is 962 g/mol. The highest BCUT2D eigenvalue weighted by atomic mass is 32.2. The van der Waals surface area contributed by atoms with Crippen LogP contribution in [0.25, 0.3) is 0 Å². The van der Waals surface area contributed by atoms with Crippen molar-refractivity contribution in [3.05, 3.63) is 94.9 Å². The van der Waals surface area contributed by atoms with Crippen molar-refractivity contribution in [3.8, 4) is 0 Å². The van der Waals surface area contributed by atoms with Crippen LogP contribution in [-0.4, -0.2) is 94.9 Å². The van der Waals surface area contributed by atoms with Gasteiger partial charge in [0.25, 0.3) is 11.8 Å². The molecular formula is C50H70N3O10PS4. The number of ether oxygens (including phenoxy) is 2. The van der Waals surface area contributed by atoms with Gasteiger partial charge in [-0.05, 0) is 157 Å². The molecule has 68 heavy (non-hydrogen) atoms. The van der Waals surface area contributed by atoms with E-state index in [1.54, 1.807) is 14.2 Å². The molecule has 0 radical (unpaired) electrons. The van der Waals surface area contributed by atoms with E-state index in [1.807, 2.05) is 20.8 Å². The normalized spacial score (nSPS) is 21.3. The fourth-order valence-corrected chi connectivity index (χ4v) is 10.9. The van der Waals surface area contributed by atoms with E-state index in [9.17, 15) is 23.5 Å². The number of hydrogen-bond acceptors (Lipinski definition) is 16. The Morgan fingerprint density at radius 1 is 0.868 bits per heavy atom. The number of likely N-dealkylation sites (N-methyl/N-ethyl adjacent to an activating group) is 1. The zero-order valence-electron chi connectivity index (χ0n) is 41.1. The largest absolute Gasteiger partial charge is 0.373 e. The Kier molecular flexibility index (Phi) is 20.7. The van der Waals surface area contributed by atoms with E-state index in [2.05, 4.69) is 121 Å². The van der Waals surface area contributed by atoms with Crippen LogP contribution in [0.5, 0.6) is 0 Å². The van der Waals surface area contributed by atoms with Gasteiger partial charge in [-0.1, -0.05) is 31.2 Å². The number of benzene rings is 2. The number of anilines is 2. The molecule has 0 aromatic heterocycles. The van der Waals surface area contributed by atoms with Gasteiger partial charge in [-0.3, -0.25) is 9.59 Å². The first-order valence-electron chi connectivity index (χ1n) is 22.9. The molecule has 1 saturated heterocycles. The first-order chi connectivity index (χ1) is 32.3. The zero-order chi connectivity index (χ0) is 49.9. The number of fused-ring (bicyclic) bond motifs is 2. The lowest BCUT2D eigenvalue weighted by Crippen LogP contribution is -2.49. The maximum atomic E-state index is 12.8. The van der Waals surface area contributed by atoms with E-state index in [0.717, 1.165) is 93.5 Å². The maximum absolute atomic E-state index is 12.8. The molecule has 3 heterocycles. The summed E-state index contributed by atoms with van der Waals surface area (Å²) in [5.74, 6) is -0.509. The number of nitrogens with zero attached hydrogens (tertiary/aromatic N) is 3.